The van der Waals surface area contributed by atoms with Gasteiger partial charge in [0.05, 0.1) is 12.6 Å². The van der Waals surface area contributed by atoms with Gasteiger partial charge in [0.2, 0.25) is 0 Å². The normalized spacial score (nSPS) is 12.1. The molecular weight excluding hydrogens is 472 g/mol. The summed E-state index contributed by atoms with van der Waals surface area (Å²) < 4.78 is 33.0. The topological polar surface area (TPSA) is 130 Å². The van der Waals surface area contributed by atoms with Crippen LogP contribution in [0.25, 0.3) is 17.0 Å². The summed E-state index contributed by atoms with van der Waals surface area (Å²) in [6.45, 7) is 0.0925. The molecule has 10 nitrogen and oxygen atoms in total. The third kappa shape index (κ3) is 5.88. The monoisotopic (exact) mass is 500 g/mol. The number of aliphatic hydroxyl groups is 1. The number of hydrogen-bond donors (Lipinski definition) is 3. The number of carbonyl (C=O) groups is 2. The Labute approximate surface area is 204 Å². The Morgan fingerprint density at radius 3 is 2.43 bits per heavy atom. The van der Waals surface area contributed by atoms with Gasteiger partial charge >= 0.3 is 10.2 Å². The number of methoxy groups -OCH3 is 1. The van der Waals surface area contributed by atoms with E-state index in [1.807, 2.05) is 0 Å². The number of aliphatic hydroxyl groups excluding tert-OH is 1. The fourth-order valence-electron chi connectivity index (χ4n) is 3.28. The van der Waals surface area contributed by atoms with Crippen LogP contribution in [0.4, 0.5) is 0 Å². The van der Waals surface area contributed by atoms with Crippen LogP contribution in [0.1, 0.15) is 22.3 Å². The molecule has 0 aliphatic heterocycles. The first kappa shape index (κ1) is 25.9. The molecule has 0 spiro atoms. The summed E-state index contributed by atoms with van der Waals surface area (Å²) in [5, 5.41) is 14.9. The highest BCUT2D eigenvalue weighted by Crippen LogP contribution is 2.25. The van der Waals surface area contributed by atoms with E-state index in [-0.39, 0.29) is 18.8 Å². The molecule has 35 heavy (non-hydrogen) atoms. The molecule has 0 bridgehead atoms. The van der Waals surface area contributed by atoms with Gasteiger partial charge in [-0.25, -0.2) is 3.97 Å². The molecule has 0 atom stereocenters. The molecule has 1 heterocycles. The predicted molar refractivity (Wildman–Crippen MR) is 133 cm³/mol. The lowest BCUT2D eigenvalue weighted by atomic mass is 10.1. The van der Waals surface area contributed by atoms with E-state index in [0.717, 1.165) is 8.28 Å². The fraction of sp³-hybridized carbons (Fsp3) is 0.250. The second-order valence-corrected chi connectivity index (χ2v) is 9.78. The molecule has 3 aromatic rings. The first-order valence-electron chi connectivity index (χ1n) is 10.8. The van der Waals surface area contributed by atoms with E-state index >= 15 is 0 Å². The van der Waals surface area contributed by atoms with Crippen LogP contribution in [-0.4, -0.2) is 68.0 Å². The van der Waals surface area contributed by atoms with Crippen LogP contribution in [0.2, 0.25) is 0 Å². The van der Waals surface area contributed by atoms with Gasteiger partial charge in [-0.05, 0) is 42.8 Å². The minimum absolute atomic E-state index is 0.0751. The highest BCUT2D eigenvalue weighted by Gasteiger charge is 2.22. The van der Waals surface area contributed by atoms with Crippen molar-refractivity contribution in [3.63, 3.8) is 0 Å². The third-order valence-electron chi connectivity index (χ3n) is 5.18. The van der Waals surface area contributed by atoms with Gasteiger partial charge in [0.15, 0.2) is 0 Å². The Balaban J connectivity index is 2.06. The van der Waals surface area contributed by atoms with E-state index < -0.39 is 22.0 Å². The van der Waals surface area contributed by atoms with E-state index in [0.29, 0.717) is 34.2 Å². The number of benzene rings is 2. The summed E-state index contributed by atoms with van der Waals surface area (Å²) >= 11 is 0. The Bertz CT molecular complexity index is 1340. The molecule has 0 fully saturated rings. The average molecular weight is 501 g/mol. The van der Waals surface area contributed by atoms with Crippen molar-refractivity contribution in [2.75, 3.05) is 34.4 Å². The number of nitrogens with zero attached hydrogens (tertiary/aromatic N) is 2. The second-order valence-electron chi connectivity index (χ2n) is 7.76. The van der Waals surface area contributed by atoms with Crippen LogP contribution in [0.5, 0.6) is 5.75 Å². The molecule has 1 aromatic heterocycles. The van der Waals surface area contributed by atoms with Crippen molar-refractivity contribution in [2.24, 2.45) is 0 Å². The zero-order valence-corrected chi connectivity index (χ0v) is 20.5. The molecule has 0 unspecified atom stereocenters. The number of hydrogen-bond acceptors (Lipinski definition) is 6. The van der Waals surface area contributed by atoms with Crippen molar-refractivity contribution in [2.45, 2.75) is 6.42 Å². The van der Waals surface area contributed by atoms with Crippen LogP contribution in [0, 0.1) is 0 Å². The minimum atomic E-state index is -3.84. The standard InChI is InChI=1S/C24H28N4O6S/c1-27(2)35(32,33)28-16-18(20-7-4-5-8-22(20)28)15-21(24(31)25-13-6-14-29)26-23(30)17-9-11-19(34-3)12-10-17/h4-5,7-12,15-16,29H,6,13-14H2,1-3H3,(H,25,31)(H,26,30)/b21-15-. The van der Waals surface area contributed by atoms with Gasteiger partial charge in [0.1, 0.15) is 11.4 Å². The maximum atomic E-state index is 12.9. The Kier molecular flexibility index (Phi) is 8.28. The molecule has 186 valence electrons. The summed E-state index contributed by atoms with van der Waals surface area (Å²) in [6.07, 6.45) is 3.17. The summed E-state index contributed by atoms with van der Waals surface area (Å²) in [5.74, 6) is -0.526. The van der Waals surface area contributed by atoms with Crippen molar-refractivity contribution in [3.8, 4) is 5.75 Å². The maximum absolute atomic E-state index is 12.9. The highest BCUT2D eigenvalue weighted by atomic mass is 32.2. The van der Waals surface area contributed by atoms with Gasteiger partial charge < -0.3 is 20.5 Å². The van der Waals surface area contributed by atoms with E-state index in [1.54, 1.807) is 48.5 Å². The molecule has 3 N–H and O–H groups in total. The molecule has 3 rings (SSSR count). The summed E-state index contributed by atoms with van der Waals surface area (Å²) in [5.41, 5.74) is 1.08. The van der Waals surface area contributed by atoms with E-state index in [4.69, 9.17) is 9.84 Å². The first-order chi connectivity index (χ1) is 16.7. The molecule has 2 aromatic carbocycles. The van der Waals surface area contributed by atoms with Crippen molar-refractivity contribution >= 4 is 39.0 Å². The molecule has 0 aliphatic rings. The molecular formula is C24H28N4O6S. The van der Waals surface area contributed by atoms with Gasteiger partial charge in [0.25, 0.3) is 11.8 Å². The number of aromatic nitrogens is 1. The number of nitrogens with one attached hydrogen (secondary N) is 2. The zero-order chi connectivity index (χ0) is 25.6. The van der Waals surface area contributed by atoms with Crippen molar-refractivity contribution in [1.29, 1.82) is 0 Å². The van der Waals surface area contributed by atoms with E-state index in [2.05, 4.69) is 10.6 Å². The van der Waals surface area contributed by atoms with Crippen LogP contribution in [0.3, 0.4) is 0 Å². The predicted octanol–water partition coefficient (Wildman–Crippen LogP) is 1.57. The van der Waals surface area contributed by atoms with Crippen molar-refractivity contribution in [1.82, 2.24) is 18.9 Å². The SMILES string of the molecule is COc1ccc(C(=O)N/C(=C\c2cn(S(=O)(=O)N(C)C)c3ccccc23)C(=O)NCCCO)cc1. The van der Waals surface area contributed by atoms with Crippen LogP contribution in [-0.2, 0) is 15.0 Å². The molecule has 0 saturated heterocycles. The lowest BCUT2D eigenvalue weighted by Gasteiger charge is -2.13. The van der Waals surface area contributed by atoms with Gasteiger partial charge in [-0.1, -0.05) is 18.2 Å². The van der Waals surface area contributed by atoms with E-state index in [1.165, 1.54) is 33.5 Å². The number of fused-ring (bicyclic) bond motifs is 1. The fourth-order valence-corrected chi connectivity index (χ4v) is 4.29. The van der Waals surface area contributed by atoms with Gasteiger partial charge in [-0.2, -0.15) is 12.7 Å². The van der Waals surface area contributed by atoms with Crippen molar-refractivity contribution < 1.29 is 27.9 Å². The Morgan fingerprint density at radius 2 is 1.80 bits per heavy atom. The van der Waals surface area contributed by atoms with Gasteiger partial charge in [-0.3, -0.25) is 9.59 Å². The number of amides is 2. The first-order valence-corrected chi connectivity index (χ1v) is 12.2. The zero-order valence-electron chi connectivity index (χ0n) is 19.7. The lowest BCUT2D eigenvalue weighted by Crippen LogP contribution is -2.35. The second kappa shape index (κ2) is 11.2. The quantitative estimate of drug-likeness (QED) is 0.286. The molecule has 0 saturated carbocycles. The number of carbonyl (C=O) groups excluding carboxylic acids is 2. The molecule has 11 heteroatoms. The van der Waals surface area contributed by atoms with Crippen LogP contribution < -0.4 is 15.4 Å². The Hall–Kier alpha value is -3.67. The number of rotatable bonds is 10. The summed E-state index contributed by atoms with van der Waals surface area (Å²) in [7, 11) is 0.528. The minimum Gasteiger partial charge on any atom is -0.497 e. The highest BCUT2D eigenvalue weighted by molar-refractivity contribution is 7.87. The average Bonchev–Trinajstić information content (AvgIpc) is 3.22. The van der Waals surface area contributed by atoms with Crippen molar-refractivity contribution in [3.05, 3.63) is 71.6 Å². The van der Waals surface area contributed by atoms with Crippen LogP contribution in [0.15, 0.2) is 60.4 Å². The molecule has 2 amide bonds. The number of ether oxygens (including phenoxy) is 1. The van der Waals surface area contributed by atoms with Gasteiger partial charge in [0, 0.05) is 50.0 Å². The van der Waals surface area contributed by atoms with Gasteiger partial charge in [-0.15, -0.1) is 0 Å². The van der Waals surface area contributed by atoms with E-state index in [9.17, 15) is 18.0 Å². The summed E-state index contributed by atoms with van der Waals surface area (Å²) in [4.78, 5) is 25.8. The largest absolute Gasteiger partial charge is 0.497 e. The van der Waals surface area contributed by atoms with Crippen LogP contribution >= 0.6 is 0 Å². The Morgan fingerprint density at radius 1 is 1.11 bits per heavy atom. The smallest absolute Gasteiger partial charge is 0.307 e. The summed E-state index contributed by atoms with van der Waals surface area (Å²) in [6, 6.07) is 13.2. The lowest BCUT2D eigenvalue weighted by molar-refractivity contribution is -0.117. The maximum Gasteiger partial charge on any atom is 0.307 e. The third-order valence-corrected chi connectivity index (χ3v) is 6.91. The molecule has 0 aliphatic carbocycles. The number of para-hydroxylation sites is 1. The molecule has 0 radical (unpaired) electrons.